The highest BCUT2D eigenvalue weighted by Gasteiger charge is 2.11. The van der Waals surface area contributed by atoms with E-state index in [1.165, 1.54) is 4.80 Å². The van der Waals surface area contributed by atoms with E-state index < -0.39 is 0 Å². The third-order valence-electron chi connectivity index (χ3n) is 2.65. The van der Waals surface area contributed by atoms with Crippen molar-refractivity contribution in [1.29, 1.82) is 0 Å². The summed E-state index contributed by atoms with van der Waals surface area (Å²) < 4.78 is 1.10. The van der Waals surface area contributed by atoms with Gasteiger partial charge in [0.15, 0.2) is 5.78 Å². The lowest BCUT2D eigenvalue weighted by atomic mass is 10.1. The van der Waals surface area contributed by atoms with Crippen molar-refractivity contribution in [2.75, 3.05) is 0 Å². The van der Waals surface area contributed by atoms with Crippen molar-refractivity contribution in [2.24, 2.45) is 0 Å². The van der Waals surface area contributed by atoms with Crippen LogP contribution in [0.15, 0.2) is 41.8 Å². The number of carbonyl (C=O) groups is 1. The zero-order chi connectivity index (χ0) is 13.9. The molecule has 0 saturated carbocycles. The van der Waals surface area contributed by atoms with Gasteiger partial charge < -0.3 is 0 Å². The third kappa shape index (κ3) is 2.93. The zero-order valence-corrected chi connectivity index (χ0v) is 13.2. The Bertz CT molecular complexity index is 721. The lowest BCUT2D eigenvalue weighted by Crippen LogP contribution is -2.13. The van der Waals surface area contributed by atoms with E-state index in [0.29, 0.717) is 11.4 Å². The Kier molecular flexibility index (Phi) is 3.88. The summed E-state index contributed by atoms with van der Waals surface area (Å²) in [5, 5.41) is 14.0. The van der Waals surface area contributed by atoms with Gasteiger partial charge in [0.05, 0.1) is 4.88 Å². The molecular weight excluding hydrogens is 387 g/mol. The van der Waals surface area contributed by atoms with E-state index >= 15 is 0 Å². The summed E-state index contributed by atoms with van der Waals surface area (Å²) in [7, 11) is 0. The molecule has 7 heteroatoms. The molecule has 0 radical (unpaired) electrons. The highest BCUT2D eigenvalue weighted by atomic mass is 127. The lowest BCUT2D eigenvalue weighted by molar-refractivity contribution is 0.0961. The summed E-state index contributed by atoms with van der Waals surface area (Å²) >= 11 is 3.74. The summed E-state index contributed by atoms with van der Waals surface area (Å²) in [5.41, 5.74) is 0.653. The number of benzene rings is 1. The molecule has 0 aliphatic heterocycles. The first-order valence-corrected chi connectivity index (χ1v) is 7.79. The summed E-state index contributed by atoms with van der Waals surface area (Å²) in [6.45, 7) is 0.0962. The van der Waals surface area contributed by atoms with E-state index in [2.05, 4.69) is 38.0 Å². The predicted octanol–water partition coefficient (Wildman–Crippen LogP) is 2.89. The van der Waals surface area contributed by atoms with Crippen LogP contribution >= 0.6 is 33.9 Å². The molecule has 3 aromatic rings. The molecule has 0 saturated heterocycles. The molecule has 0 atom stereocenters. The van der Waals surface area contributed by atoms with Crippen LogP contribution in [0, 0.1) is 3.57 Å². The highest BCUT2D eigenvalue weighted by Crippen LogP contribution is 2.19. The van der Waals surface area contributed by atoms with Crippen LogP contribution in [-0.4, -0.2) is 26.0 Å². The van der Waals surface area contributed by atoms with Crippen LogP contribution in [0.5, 0.6) is 0 Å². The second-order valence-corrected chi connectivity index (χ2v) is 6.24. The molecule has 100 valence electrons. The SMILES string of the molecule is O=C(Cn1nnc(-c2cccs2)n1)c1ccc(I)cc1. The number of nitrogens with zero attached hydrogens (tertiary/aromatic N) is 4. The average molecular weight is 396 g/mol. The van der Waals surface area contributed by atoms with Gasteiger partial charge in [-0.05, 0) is 51.4 Å². The number of aromatic nitrogens is 4. The number of rotatable bonds is 4. The van der Waals surface area contributed by atoms with Crippen molar-refractivity contribution in [3.05, 3.63) is 50.9 Å². The molecule has 0 aliphatic carbocycles. The van der Waals surface area contributed by atoms with Crippen LogP contribution in [0.1, 0.15) is 10.4 Å². The number of thiophene rings is 1. The second-order valence-electron chi connectivity index (χ2n) is 4.05. The minimum Gasteiger partial charge on any atom is -0.292 e. The summed E-state index contributed by atoms with van der Waals surface area (Å²) in [6.07, 6.45) is 0. The fourth-order valence-electron chi connectivity index (χ4n) is 1.67. The Hall–Kier alpha value is -1.61. The van der Waals surface area contributed by atoms with Gasteiger partial charge in [0.2, 0.25) is 5.82 Å². The minimum absolute atomic E-state index is 0.0310. The lowest BCUT2D eigenvalue weighted by Gasteiger charge is -1.99. The standard InChI is InChI=1S/C13H9IN4OS/c14-10-5-3-9(4-6-10)11(19)8-18-16-13(15-17-18)12-2-1-7-20-12/h1-7H,8H2. The first kappa shape index (κ1) is 13.4. The Morgan fingerprint density at radius 3 is 2.75 bits per heavy atom. The predicted molar refractivity (Wildman–Crippen MR) is 84.6 cm³/mol. The number of carbonyl (C=O) groups excluding carboxylic acids is 1. The summed E-state index contributed by atoms with van der Waals surface area (Å²) in [5.74, 6) is 0.520. The van der Waals surface area contributed by atoms with E-state index in [9.17, 15) is 4.79 Å². The Morgan fingerprint density at radius 1 is 1.25 bits per heavy atom. The molecule has 0 aliphatic rings. The molecule has 0 spiro atoms. The van der Waals surface area contributed by atoms with E-state index in [0.717, 1.165) is 8.45 Å². The fraction of sp³-hybridized carbons (Fsp3) is 0.0769. The summed E-state index contributed by atoms with van der Waals surface area (Å²) in [6, 6.07) is 11.3. The van der Waals surface area contributed by atoms with Gasteiger partial charge >= 0.3 is 0 Å². The molecular formula is C13H9IN4OS. The number of Topliss-reactive ketones (excluding diaryl/α,β-unsaturated/α-hetero) is 1. The molecule has 0 unspecified atom stereocenters. The molecule has 0 bridgehead atoms. The van der Waals surface area contributed by atoms with Gasteiger partial charge in [-0.25, -0.2) is 0 Å². The molecule has 1 aromatic carbocycles. The quantitative estimate of drug-likeness (QED) is 0.503. The molecule has 2 heterocycles. The molecule has 0 fully saturated rings. The van der Waals surface area contributed by atoms with Crippen molar-refractivity contribution in [3.63, 3.8) is 0 Å². The first-order chi connectivity index (χ1) is 9.72. The largest absolute Gasteiger partial charge is 0.292 e. The second kappa shape index (κ2) is 5.80. The molecule has 5 nitrogen and oxygen atoms in total. The molecule has 0 N–H and O–H groups in total. The minimum atomic E-state index is -0.0310. The van der Waals surface area contributed by atoms with Gasteiger partial charge in [0.1, 0.15) is 6.54 Å². The molecule has 3 rings (SSSR count). The Labute approximate surface area is 132 Å². The monoisotopic (exact) mass is 396 g/mol. The summed E-state index contributed by atoms with van der Waals surface area (Å²) in [4.78, 5) is 14.4. The van der Waals surface area contributed by atoms with Crippen molar-refractivity contribution in [1.82, 2.24) is 20.2 Å². The van der Waals surface area contributed by atoms with Gasteiger partial charge in [-0.15, -0.1) is 21.5 Å². The highest BCUT2D eigenvalue weighted by molar-refractivity contribution is 14.1. The maximum atomic E-state index is 12.1. The molecule has 20 heavy (non-hydrogen) atoms. The smallest absolute Gasteiger partial charge is 0.214 e. The van der Waals surface area contributed by atoms with Crippen LogP contribution in [0.4, 0.5) is 0 Å². The Balaban J connectivity index is 1.75. The van der Waals surface area contributed by atoms with Gasteiger partial charge in [-0.3, -0.25) is 4.79 Å². The van der Waals surface area contributed by atoms with E-state index in [1.807, 2.05) is 29.6 Å². The number of hydrogen-bond acceptors (Lipinski definition) is 5. The van der Waals surface area contributed by atoms with Crippen LogP contribution in [0.3, 0.4) is 0 Å². The van der Waals surface area contributed by atoms with Gasteiger partial charge in [0.25, 0.3) is 0 Å². The van der Waals surface area contributed by atoms with Crippen LogP contribution in [0.25, 0.3) is 10.7 Å². The van der Waals surface area contributed by atoms with E-state index in [4.69, 9.17) is 0 Å². The third-order valence-corrected chi connectivity index (χ3v) is 4.23. The van der Waals surface area contributed by atoms with Crippen LogP contribution < -0.4 is 0 Å². The maximum absolute atomic E-state index is 12.1. The van der Waals surface area contributed by atoms with Gasteiger partial charge in [0, 0.05) is 9.13 Å². The zero-order valence-electron chi connectivity index (χ0n) is 10.2. The van der Waals surface area contributed by atoms with Gasteiger partial charge in [-0.2, -0.15) is 4.80 Å². The number of halogens is 1. The van der Waals surface area contributed by atoms with Crippen LogP contribution in [-0.2, 0) is 6.54 Å². The number of hydrogen-bond donors (Lipinski definition) is 0. The van der Waals surface area contributed by atoms with Crippen LogP contribution in [0.2, 0.25) is 0 Å². The van der Waals surface area contributed by atoms with E-state index in [-0.39, 0.29) is 12.3 Å². The first-order valence-electron chi connectivity index (χ1n) is 5.83. The molecule has 0 amide bonds. The van der Waals surface area contributed by atoms with E-state index in [1.54, 1.807) is 23.5 Å². The Morgan fingerprint density at radius 2 is 2.05 bits per heavy atom. The van der Waals surface area contributed by atoms with Crippen molar-refractivity contribution < 1.29 is 4.79 Å². The molecule has 2 aromatic heterocycles. The average Bonchev–Trinajstić information content (AvgIpc) is 3.09. The van der Waals surface area contributed by atoms with Gasteiger partial charge in [-0.1, -0.05) is 18.2 Å². The maximum Gasteiger partial charge on any atom is 0.214 e. The van der Waals surface area contributed by atoms with Crippen molar-refractivity contribution in [2.45, 2.75) is 6.54 Å². The topological polar surface area (TPSA) is 60.7 Å². The van der Waals surface area contributed by atoms with Crippen molar-refractivity contribution >= 4 is 39.7 Å². The fourth-order valence-corrected chi connectivity index (χ4v) is 2.68. The normalized spacial score (nSPS) is 10.7. The number of tetrazole rings is 1. The number of ketones is 1. The van der Waals surface area contributed by atoms with Crippen molar-refractivity contribution in [3.8, 4) is 10.7 Å².